The van der Waals surface area contributed by atoms with Crippen molar-refractivity contribution < 1.29 is 4.74 Å². The van der Waals surface area contributed by atoms with E-state index in [-0.39, 0.29) is 0 Å². The highest BCUT2D eigenvalue weighted by Crippen LogP contribution is 2.26. The highest BCUT2D eigenvalue weighted by Gasteiger charge is 2.10. The Hall–Kier alpha value is -2.49. The summed E-state index contributed by atoms with van der Waals surface area (Å²) in [4.78, 5) is 4.74. The fourth-order valence-corrected chi connectivity index (χ4v) is 2.71. The first-order chi connectivity index (χ1) is 12.2. The topological polar surface area (TPSA) is 45.7 Å². The zero-order valence-electron chi connectivity index (χ0n) is 15.5. The molecule has 25 heavy (non-hydrogen) atoms. The largest absolute Gasteiger partial charge is 0.496 e. The maximum absolute atomic E-state index is 5.45. The van der Waals surface area contributed by atoms with E-state index < -0.39 is 0 Å². The third-order valence-corrected chi connectivity index (χ3v) is 4.09. The summed E-state index contributed by atoms with van der Waals surface area (Å²) in [6.07, 6.45) is 0.979. The lowest BCUT2D eigenvalue weighted by atomic mass is 10.0. The van der Waals surface area contributed by atoms with Gasteiger partial charge in [-0.05, 0) is 30.5 Å². The van der Waals surface area contributed by atoms with E-state index in [9.17, 15) is 0 Å². The van der Waals surface area contributed by atoms with Gasteiger partial charge in [0.25, 0.3) is 0 Å². The highest BCUT2D eigenvalue weighted by molar-refractivity contribution is 5.79. The molecule has 2 aromatic carbocycles. The first kappa shape index (κ1) is 18.8. The molecule has 0 saturated carbocycles. The van der Waals surface area contributed by atoms with Crippen molar-refractivity contribution in [3.63, 3.8) is 0 Å². The lowest BCUT2D eigenvalue weighted by Gasteiger charge is -2.16. The summed E-state index contributed by atoms with van der Waals surface area (Å²) in [5.41, 5.74) is 2.52. The molecule has 0 bridgehead atoms. The van der Waals surface area contributed by atoms with Crippen LogP contribution in [0.5, 0.6) is 5.75 Å². The standard InChI is InChI=1S/C21H29N3O/c1-4-22-21(23-15-14-18-10-6-5-7-11-18)24-16-17(2)19-12-8-9-13-20(19)25-3/h5-13,17H,4,14-16H2,1-3H3,(H2,22,23,24). The fourth-order valence-electron chi connectivity index (χ4n) is 2.71. The quantitative estimate of drug-likeness (QED) is 0.571. The van der Waals surface area contributed by atoms with Crippen LogP contribution in [-0.2, 0) is 6.42 Å². The van der Waals surface area contributed by atoms with Gasteiger partial charge in [-0.25, -0.2) is 0 Å². The molecular formula is C21H29N3O. The van der Waals surface area contributed by atoms with Crippen molar-refractivity contribution in [2.24, 2.45) is 4.99 Å². The Morgan fingerprint density at radius 1 is 1.04 bits per heavy atom. The van der Waals surface area contributed by atoms with Crippen LogP contribution in [0.2, 0.25) is 0 Å². The average Bonchev–Trinajstić information content (AvgIpc) is 2.66. The minimum absolute atomic E-state index is 0.292. The zero-order valence-corrected chi connectivity index (χ0v) is 15.5. The summed E-state index contributed by atoms with van der Waals surface area (Å²) in [7, 11) is 1.71. The van der Waals surface area contributed by atoms with Crippen molar-refractivity contribution in [1.82, 2.24) is 10.6 Å². The smallest absolute Gasteiger partial charge is 0.191 e. The summed E-state index contributed by atoms with van der Waals surface area (Å²) >= 11 is 0. The van der Waals surface area contributed by atoms with Crippen molar-refractivity contribution in [1.29, 1.82) is 0 Å². The minimum Gasteiger partial charge on any atom is -0.496 e. The van der Waals surface area contributed by atoms with Crippen molar-refractivity contribution in [3.05, 3.63) is 65.7 Å². The predicted molar refractivity (Wildman–Crippen MR) is 106 cm³/mol. The lowest BCUT2D eigenvalue weighted by molar-refractivity contribution is 0.407. The molecule has 0 spiro atoms. The van der Waals surface area contributed by atoms with Gasteiger partial charge < -0.3 is 15.4 Å². The second-order valence-electron chi connectivity index (χ2n) is 6.02. The molecule has 0 aliphatic carbocycles. The Bertz CT molecular complexity index is 655. The van der Waals surface area contributed by atoms with E-state index in [4.69, 9.17) is 9.73 Å². The van der Waals surface area contributed by atoms with E-state index in [1.165, 1.54) is 11.1 Å². The Morgan fingerprint density at radius 3 is 2.48 bits per heavy atom. The Morgan fingerprint density at radius 2 is 1.76 bits per heavy atom. The van der Waals surface area contributed by atoms with Crippen molar-refractivity contribution in [2.45, 2.75) is 26.2 Å². The van der Waals surface area contributed by atoms with Gasteiger partial charge in [0, 0.05) is 25.6 Å². The number of benzene rings is 2. The molecular weight excluding hydrogens is 310 g/mol. The molecule has 0 aromatic heterocycles. The Labute approximate surface area is 151 Å². The van der Waals surface area contributed by atoms with Gasteiger partial charge in [-0.1, -0.05) is 55.5 Å². The Balaban J connectivity index is 1.92. The molecule has 0 heterocycles. The number of aliphatic imine (C=N–C) groups is 1. The van der Waals surface area contributed by atoms with E-state index in [1.807, 2.05) is 24.3 Å². The number of ether oxygens (including phenoxy) is 1. The molecule has 4 heteroatoms. The van der Waals surface area contributed by atoms with E-state index in [0.29, 0.717) is 12.5 Å². The van der Waals surface area contributed by atoms with Gasteiger partial charge >= 0.3 is 0 Å². The fraction of sp³-hybridized carbons (Fsp3) is 0.381. The molecule has 134 valence electrons. The zero-order chi connectivity index (χ0) is 17.9. The van der Waals surface area contributed by atoms with Gasteiger partial charge in [0.05, 0.1) is 7.11 Å². The number of hydrogen-bond acceptors (Lipinski definition) is 2. The number of hydrogen-bond donors (Lipinski definition) is 2. The monoisotopic (exact) mass is 339 g/mol. The first-order valence-corrected chi connectivity index (χ1v) is 8.93. The molecule has 4 nitrogen and oxygen atoms in total. The number of methoxy groups -OCH3 is 1. The van der Waals surface area contributed by atoms with E-state index in [1.54, 1.807) is 7.11 Å². The molecule has 2 N–H and O–H groups in total. The molecule has 1 unspecified atom stereocenters. The Kier molecular flexibility index (Phi) is 7.83. The van der Waals surface area contributed by atoms with Crippen molar-refractivity contribution >= 4 is 5.96 Å². The normalized spacial score (nSPS) is 12.5. The number of rotatable bonds is 8. The average molecular weight is 339 g/mol. The van der Waals surface area contributed by atoms with E-state index in [2.05, 4.69) is 54.8 Å². The van der Waals surface area contributed by atoms with E-state index in [0.717, 1.165) is 31.2 Å². The third kappa shape index (κ3) is 6.14. The van der Waals surface area contributed by atoms with Crippen LogP contribution in [0.25, 0.3) is 0 Å². The number of nitrogens with zero attached hydrogens (tertiary/aromatic N) is 1. The molecule has 2 rings (SSSR count). The molecule has 0 fully saturated rings. The van der Waals surface area contributed by atoms with Crippen LogP contribution in [-0.4, -0.2) is 32.7 Å². The number of guanidine groups is 1. The molecule has 0 amide bonds. The molecule has 1 atom stereocenters. The summed E-state index contributed by atoms with van der Waals surface area (Å²) in [6, 6.07) is 18.6. The van der Waals surface area contributed by atoms with Gasteiger partial charge in [-0.15, -0.1) is 0 Å². The minimum atomic E-state index is 0.292. The maximum Gasteiger partial charge on any atom is 0.191 e. The van der Waals surface area contributed by atoms with Gasteiger partial charge in [0.1, 0.15) is 5.75 Å². The summed E-state index contributed by atoms with van der Waals surface area (Å²) < 4.78 is 5.45. The second kappa shape index (κ2) is 10.4. The summed E-state index contributed by atoms with van der Waals surface area (Å²) in [6.45, 7) is 6.67. The first-order valence-electron chi connectivity index (χ1n) is 8.93. The molecule has 0 aliphatic rings. The van der Waals surface area contributed by atoms with E-state index >= 15 is 0 Å². The lowest BCUT2D eigenvalue weighted by Crippen LogP contribution is -2.38. The van der Waals surface area contributed by atoms with Gasteiger partial charge in [-0.2, -0.15) is 0 Å². The SMILES string of the molecule is CCNC(=NCC(C)c1ccccc1OC)NCCc1ccccc1. The van der Waals surface area contributed by atoms with Crippen molar-refractivity contribution in [2.75, 3.05) is 26.7 Å². The number of nitrogens with one attached hydrogen (secondary N) is 2. The van der Waals surface area contributed by atoms with Crippen LogP contribution in [0.4, 0.5) is 0 Å². The second-order valence-corrected chi connectivity index (χ2v) is 6.02. The van der Waals surface area contributed by atoms with Crippen LogP contribution >= 0.6 is 0 Å². The number of para-hydroxylation sites is 1. The van der Waals surface area contributed by atoms with Crippen molar-refractivity contribution in [3.8, 4) is 5.75 Å². The third-order valence-electron chi connectivity index (χ3n) is 4.09. The highest BCUT2D eigenvalue weighted by atomic mass is 16.5. The van der Waals surface area contributed by atoms with Crippen LogP contribution in [0.1, 0.15) is 30.9 Å². The summed E-state index contributed by atoms with van der Waals surface area (Å²) in [5.74, 6) is 2.08. The van der Waals surface area contributed by atoms with Crippen LogP contribution in [0.3, 0.4) is 0 Å². The molecule has 0 saturated heterocycles. The van der Waals surface area contributed by atoms with Crippen LogP contribution in [0, 0.1) is 0 Å². The predicted octanol–water partition coefficient (Wildman–Crippen LogP) is 3.60. The molecule has 0 radical (unpaired) electrons. The summed E-state index contributed by atoms with van der Waals surface area (Å²) in [5, 5.41) is 6.72. The van der Waals surface area contributed by atoms with Gasteiger partial charge in [0.2, 0.25) is 0 Å². The molecule has 0 aliphatic heterocycles. The van der Waals surface area contributed by atoms with Gasteiger partial charge in [0.15, 0.2) is 5.96 Å². The molecule has 2 aromatic rings. The van der Waals surface area contributed by atoms with Crippen LogP contribution in [0.15, 0.2) is 59.6 Å². The van der Waals surface area contributed by atoms with Crippen LogP contribution < -0.4 is 15.4 Å². The van der Waals surface area contributed by atoms with Gasteiger partial charge in [-0.3, -0.25) is 4.99 Å². The maximum atomic E-state index is 5.45.